The summed E-state index contributed by atoms with van der Waals surface area (Å²) < 4.78 is 6.74. The summed E-state index contributed by atoms with van der Waals surface area (Å²) in [6.45, 7) is 5.14. The molecular weight excluding hydrogens is 376 g/mol. The van der Waals surface area contributed by atoms with Gasteiger partial charge in [0.25, 0.3) is 0 Å². The second kappa shape index (κ2) is 9.32. The number of benzene rings is 4. The minimum atomic E-state index is -0.503. The Labute approximate surface area is 186 Å². The van der Waals surface area contributed by atoms with Crippen molar-refractivity contribution in [3.8, 4) is 0 Å². The van der Waals surface area contributed by atoms with E-state index in [-0.39, 0.29) is 5.41 Å². The molecule has 4 rings (SSSR count). The normalized spacial score (nSPS) is 11.9. The maximum atomic E-state index is 6.74. The Bertz CT molecular complexity index is 888. The second-order valence-corrected chi connectivity index (χ2v) is 8.43. The van der Waals surface area contributed by atoms with Crippen LogP contribution in [0.4, 0.5) is 0 Å². The molecule has 0 aliphatic carbocycles. The quantitative estimate of drug-likeness (QED) is 0.297. The Morgan fingerprint density at radius 1 is 0.484 bits per heavy atom. The van der Waals surface area contributed by atoms with Gasteiger partial charge in [0, 0.05) is 12.0 Å². The number of rotatable bonds is 8. The number of hydrogen-bond acceptors (Lipinski definition) is 1. The lowest BCUT2D eigenvalue weighted by Gasteiger charge is -2.35. The zero-order chi connectivity index (χ0) is 21.6. The first-order chi connectivity index (χ1) is 15.1. The molecule has 1 nitrogen and oxygen atoms in total. The molecule has 31 heavy (non-hydrogen) atoms. The van der Waals surface area contributed by atoms with E-state index < -0.39 is 5.60 Å². The Balaban J connectivity index is 1.64. The summed E-state index contributed by atoms with van der Waals surface area (Å²) in [5.74, 6) is 0. The van der Waals surface area contributed by atoms with E-state index in [9.17, 15) is 0 Å². The predicted molar refractivity (Wildman–Crippen MR) is 129 cm³/mol. The van der Waals surface area contributed by atoms with E-state index in [1.165, 1.54) is 22.3 Å². The van der Waals surface area contributed by atoms with Crippen molar-refractivity contribution in [3.05, 3.63) is 144 Å². The molecule has 0 saturated carbocycles. The molecule has 4 aromatic rings. The smallest absolute Gasteiger partial charge is 0.115 e. The first kappa shape index (κ1) is 21.1. The standard InChI is InChI=1S/C30H30O/c1-29(25-15-7-3-8-16-25,26-17-9-4-10-18-26)23-24-31-30(2,27-19-11-5-12-20-27)28-21-13-6-14-22-28/h3-22H,23-24H2,1-2H3. The Kier molecular flexibility index (Phi) is 6.34. The highest BCUT2D eigenvalue weighted by Gasteiger charge is 2.33. The molecule has 156 valence electrons. The molecule has 0 amide bonds. The predicted octanol–water partition coefficient (Wildman–Crippen LogP) is 7.36. The van der Waals surface area contributed by atoms with Gasteiger partial charge in [-0.2, -0.15) is 0 Å². The minimum Gasteiger partial charge on any atom is -0.366 e. The van der Waals surface area contributed by atoms with Gasteiger partial charge in [-0.15, -0.1) is 0 Å². The van der Waals surface area contributed by atoms with Crippen LogP contribution < -0.4 is 0 Å². The van der Waals surface area contributed by atoms with Gasteiger partial charge in [0.1, 0.15) is 5.60 Å². The highest BCUT2D eigenvalue weighted by atomic mass is 16.5. The van der Waals surface area contributed by atoms with Crippen LogP contribution in [0.3, 0.4) is 0 Å². The van der Waals surface area contributed by atoms with Crippen LogP contribution >= 0.6 is 0 Å². The monoisotopic (exact) mass is 406 g/mol. The summed E-state index contributed by atoms with van der Waals surface area (Å²) in [5.41, 5.74) is 4.33. The van der Waals surface area contributed by atoms with Crippen molar-refractivity contribution in [2.45, 2.75) is 31.3 Å². The Morgan fingerprint density at radius 2 is 0.806 bits per heavy atom. The fraction of sp³-hybridized carbons (Fsp3) is 0.200. The lowest BCUT2D eigenvalue weighted by atomic mass is 9.74. The average molecular weight is 407 g/mol. The average Bonchev–Trinajstić information content (AvgIpc) is 2.86. The lowest BCUT2D eigenvalue weighted by molar-refractivity contribution is -0.0104. The van der Waals surface area contributed by atoms with Crippen molar-refractivity contribution in [1.82, 2.24) is 0 Å². The molecule has 0 fully saturated rings. The summed E-state index contributed by atoms with van der Waals surface area (Å²) in [6, 6.07) is 42.6. The SMILES string of the molecule is CC(CCOC(C)(c1ccccc1)c1ccccc1)(c1ccccc1)c1ccccc1. The molecule has 0 spiro atoms. The summed E-state index contributed by atoms with van der Waals surface area (Å²) in [5, 5.41) is 0. The van der Waals surface area contributed by atoms with Crippen LogP contribution in [-0.4, -0.2) is 6.61 Å². The fourth-order valence-electron chi connectivity index (χ4n) is 4.37. The summed E-state index contributed by atoms with van der Waals surface area (Å²) >= 11 is 0. The van der Waals surface area contributed by atoms with E-state index in [0.717, 1.165) is 6.42 Å². The van der Waals surface area contributed by atoms with E-state index in [0.29, 0.717) is 6.61 Å². The molecule has 0 heterocycles. The zero-order valence-corrected chi connectivity index (χ0v) is 18.4. The van der Waals surface area contributed by atoms with Crippen molar-refractivity contribution >= 4 is 0 Å². The van der Waals surface area contributed by atoms with Gasteiger partial charge >= 0.3 is 0 Å². The number of ether oxygens (including phenoxy) is 1. The molecule has 0 atom stereocenters. The van der Waals surface area contributed by atoms with Gasteiger partial charge in [-0.3, -0.25) is 0 Å². The largest absolute Gasteiger partial charge is 0.366 e. The van der Waals surface area contributed by atoms with Crippen molar-refractivity contribution in [1.29, 1.82) is 0 Å². The van der Waals surface area contributed by atoms with Crippen LogP contribution in [0.1, 0.15) is 42.5 Å². The maximum absolute atomic E-state index is 6.74. The van der Waals surface area contributed by atoms with Crippen LogP contribution in [0.2, 0.25) is 0 Å². The van der Waals surface area contributed by atoms with Gasteiger partial charge in [0.05, 0.1) is 0 Å². The summed E-state index contributed by atoms with van der Waals surface area (Å²) in [4.78, 5) is 0. The van der Waals surface area contributed by atoms with E-state index in [1.54, 1.807) is 0 Å². The minimum absolute atomic E-state index is 0.128. The highest BCUT2D eigenvalue weighted by Crippen LogP contribution is 2.38. The van der Waals surface area contributed by atoms with Gasteiger partial charge in [-0.1, -0.05) is 128 Å². The zero-order valence-electron chi connectivity index (χ0n) is 18.4. The molecule has 0 saturated heterocycles. The van der Waals surface area contributed by atoms with E-state index in [4.69, 9.17) is 4.74 Å². The Morgan fingerprint density at radius 3 is 1.16 bits per heavy atom. The molecule has 1 heteroatoms. The van der Waals surface area contributed by atoms with Gasteiger partial charge in [-0.25, -0.2) is 0 Å². The fourth-order valence-corrected chi connectivity index (χ4v) is 4.37. The summed E-state index contributed by atoms with van der Waals surface area (Å²) in [6.07, 6.45) is 0.885. The van der Waals surface area contributed by atoms with E-state index in [1.807, 2.05) is 0 Å². The van der Waals surface area contributed by atoms with Crippen molar-refractivity contribution in [3.63, 3.8) is 0 Å². The third-order valence-electron chi connectivity index (χ3n) is 6.46. The molecule has 0 aliphatic heterocycles. The Hall–Kier alpha value is -3.16. The van der Waals surface area contributed by atoms with Crippen molar-refractivity contribution in [2.75, 3.05) is 6.61 Å². The van der Waals surface area contributed by atoms with Crippen LogP contribution in [0.15, 0.2) is 121 Å². The van der Waals surface area contributed by atoms with Gasteiger partial charge in [0.15, 0.2) is 0 Å². The van der Waals surface area contributed by atoms with Crippen LogP contribution in [0.25, 0.3) is 0 Å². The molecule has 0 aliphatic rings. The van der Waals surface area contributed by atoms with Gasteiger partial charge in [-0.05, 0) is 35.6 Å². The van der Waals surface area contributed by atoms with Crippen molar-refractivity contribution < 1.29 is 4.74 Å². The highest BCUT2D eigenvalue weighted by molar-refractivity contribution is 5.39. The van der Waals surface area contributed by atoms with Gasteiger partial charge < -0.3 is 4.74 Å². The molecule has 0 radical (unpaired) electrons. The first-order valence-corrected chi connectivity index (χ1v) is 11.0. The molecule has 0 unspecified atom stereocenters. The third kappa shape index (κ3) is 4.47. The van der Waals surface area contributed by atoms with Crippen LogP contribution in [0.5, 0.6) is 0 Å². The molecule has 0 bridgehead atoms. The second-order valence-electron chi connectivity index (χ2n) is 8.43. The lowest BCUT2D eigenvalue weighted by Crippen LogP contribution is -2.31. The molecule has 0 aromatic heterocycles. The molecular formula is C30H30O. The topological polar surface area (TPSA) is 9.23 Å². The van der Waals surface area contributed by atoms with Crippen molar-refractivity contribution in [2.24, 2.45) is 0 Å². The van der Waals surface area contributed by atoms with E-state index in [2.05, 4.69) is 135 Å². The van der Waals surface area contributed by atoms with Crippen LogP contribution in [0, 0.1) is 0 Å². The first-order valence-electron chi connectivity index (χ1n) is 11.0. The number of hydrogen-bond donors (Lipinski definition) is 0. The van der Waals surface area contributed by atoms with E-state index >= 15 is 0 Å². The molecule has 4 aromatic carbocycles. The van der Waals surface area contributed by atoms with Gasteiger partial charge in [0.2, 0.25) is 0 Å². The van der Waals surface area contributed by atoms with Crippen LogP contribution in [-0.2, 0) is 15.8 Å². The third-order valence-corrected chi connectivity index (χ3v) is 6.46. The molecule has 0 N–H and O–H groups in total. The summed E-state index contributed by atoms with van der Waals surface area (Å²) in [7, 11) is 0. The maximum Gasteiger partial charge on any atom is 0.115 e.